The monoisotopic (exact) mass is 262 g/mol. The van der Waals surface area contributed by atoms with E-state index in [1.54, 1.807) is 23.8 Å². The molecule has 92 valence electrons. The van der Waals surface area contributed by atoms with Crippen molar-refractivity contribution in [3.63, 3.8) is 0 Å². The number of aromatic carboxylic acids is 1. The van der Waals surface area contributed by atoms with Gasteiger partial charge in [-0.2, -0.15) is 0 Å². The van der Waals surface area contributed by atoms with Gasteiger partial charge in [-0.25, -0.2) is 4.79 Å². The van der Waals surface area contributed by atoms with Gasteiger partial charge in [0.15, 0.2) is 0 Å². The fourth-order valence-electron chi connectivity index (χ4n) is 1.39. The molecule has 2 aromatic rings. The maximum atomic E-state index is 11.8. The Morgan fingerprint density at radius 3 is 2.78 bits per heavy atom. The van der Waals surface area contributed by atoms with Crippen molar-refractivity contribution in [2.24, 2.45) is 0 Å². The first kappa shape index (κ1) is 12.3. The van der Waals surface area contributed by atoms with Gasteiger partial charge in [-0.15, -0.1) is 11.3 Å². The van der Waals surface area contributed by atoms with Gasteiger partial charge in [0.2, 0.25) is 0 Å². The van der Waals surface area contributed by atoms with E-state index in [9.17, 15) is 9.59 Å². The van der Waals surface area contributed by atoms with Gasteiger partial charge in [0, 0.05) is 16.6 Å². The molecule has 5 nitrogen and oxygen atoms in total. The van der Waals surface area contributed by atoms with Gasteiger partial charge in [0.25, 0.3) is 5.91 Å². The highest BCUT2D eigenvalue weighted by Gasteiger charge is 2.09. The second-order valence-electron chi connectivity index (χ2n) is 3.54. The maximum absolute atomic E-state index is 11.8. The van der Waals surface area contributed by atoms with Gasteiger partial charge < -0.3 is 10.4 Å². The molecule has 0 atom stereocenters. The number of carbonyl (C=O) groups excluding carboxylic acids is 1. The minimum atomic E-state index is -1.05. The first-order valence-corrected chi connectivity index (χ1v) is 6.03. The number of rotatable bonds is 4. The molecule has 1 aromatic heterocycles. The van der Waals surface area contributed by atoms with E-state index in [1.807, 2.05) is 0 Å². The minimum Gasteiger partial charge on any atom is -0.478 e. The van der Waals surface area contributed by atoms with Crippen LogP contribution in [0.4, 0.5) is 0 Å². The summed E-state index contributed by atoms with van der Waals surface area (Å²) in [5, 5.41) is 11.5. The molecular weight excluding hydrogens is 252 g/mol. The van der Waals surface area contributed by atoms with Gasteiger partial charge in [0.05, 0.1) is 17.6 Å². The number of carbonyl (C=O) groups is 2. The Bertz CT molecular complexity index is 566. The van der Waals surface area contributed by atoms with E-state index in [0.717, 1.165) is 4.88 Å². The molecule has 0 aliphatic heterocycles. The van der Waals surface area contributed by atoms with Crippen LogP contribution in [-0.2, 0) is 6.54 Å². The van der Waals surface area contributed by atoms with Gasteiger partial charge >= 0.3 is 5.97 Å². The zero-order valence-electron chi connectivity index (χ0n) is 9.29. The predicted molar refractivity (Wildman–Crippen MR) is 66.7 cm³/mol. The molecule has 0 aliphatic rings. The third-order valence-corrected chi connectivity index (χ3v) is 3.06. The summed E-state index contributed by atoms with van der Waals surface area (Å²) in [6, 6.07) is 5.92. The number of nitrogens with zero attached hydrogens (tertiary/aromatic N) is 1. The summed E-state index contributed by atoms with van der Waals surface area (Å²) in [6.45, 7) is 0.390. The molecule has 6 heteroatoms. The van der Waals surface area contributed by atoms with Crippen molar-refractivity contribution in [1.82, 2.24) is 10.3 Å². The van der Waals surface area contributed by atoms with Crippen LogP contribution in [0.15, 0.2) is 36.0 Å². The Labute approximate surface area is 107 Å². The summed E-state index contributed by atoms with van der Waals surface area (Å²) in [5.74, 6) is -1.35. The Kier molecular flexibility index (Phi) is 3.69. The zero-order chi connectivity index (χ0) is 13.0. The highest BCUT2D eigenvalue weighted by Crippen LogP contribution is 2.07. The van der Waals surface area contributed by atoms with Gasteiger partial charge in [-0.1, -0.05) is 6.07 Å². The number of amides is 1. The van der Waals surface area contributed by atoms with Crippen LogP contribution in [0.5, 0.6) is 0 Å². The smallest absolute Gasteiger partial charge is 0.335 e. The Morgan fingerprint density at radius 2 is 2.11 bits per heavy atom. The van der Waals surface area contributed by atoms with Crippen molar-refractivity contribution < 1.29 is 14.7 Å². The molecule has 0 aliphatic carbocycles. The zero-order valence-corrected chi connectivity index (χ0v) is 10.1. The second-order valence-corrected chi connectivity index (χ2v) is 4.51. The highest BCUT2D eigenvalue weighted by molar-refractivity contribution is 7.09. The molecule has 0 fully saturated rings. The quantitative estimate of drug-likeness (QED) is 0.880. The summed E-state index contributed by atoms with van der Waals surface area (Å²) in [4.78, 5) is 27.4. The Hall–Kier alpha value is -2.21. The number of carboxylic acid groups (broad SMARTS) is 1. The lowest BCUT2D eigenvalue weighted by molar-refractivity contribution is 0.0697. The number of hydrogen-bond donors (Lipinski definition) is 2. The molecule has 0 unspecified atom stereocenters. The highest BCUT2D eigenvalue weighted by atomic mass is 32.1. The number of benzene rings is 1. The predicted octanol–water partition coefficient (Wildman–Crippen LogP) is 1.77. The minimum absolute atomic E-state index is 0.0976. The number of nitrogens with one attached hydrogen (secondary N) is 1. The summed E-state index contributed by atoms with van der Waals surface area (Å²) >= 11 is 1.45. The number of thiazole rings is 1. The summed E-state index contributed by atoms with van der Waals surface area (Å²) in [7, 11) is 0. The standard InChI is InChI=1S/C12H10N2O3S/c15-11(14-6-10-5-13-7-18-10)8-2-1-3-9(4-8)12(16)17/h1-5,7H,6H2,(H,14,15)(H,16,17). The van der Waals surface area contributed by atoms with Gasteiger partial charge in [-0.05, 0) is 18.2 Å². The van der Waals surface area contributed by atoms with E-state index in [0.29, 0.717) is 12.1 Å². The molecule has 1 heterocycles. The Morgan fingerprint density at radius 1 is 1.33 bits per heavy atom. The molecule has 0 bridgehead atoms. The van der Waals surface area contributed by atoms with Crippen LogP contribution < -0.4 is 5.32 Å². The van der Waals surface area contributed by atoms with Crippen molar-refractivity contribution in [3.8, 4) is 0 Å². The van der Waals surface area contributed by atoms with Crippen molar-refractivity contribution in [1.29, 1.82) is 0 Å². The second kappa shape index (κ2) is 5.42. The van der Waals surface area contributed by atoms with Crippen LogP contribution in [0.25, 0.3) is 0 Å². The molecule has 18 heavy (non-hydrogen) atoms. The van der Waals surface area contributed by atoms with Crippen LogP contribution in [0, 0.1) is 0 Å². The SMILES string of the molecule is O=C(O)c1cccc(C(=O)NCc2cncs2)c1. The summed E-state index contributed by atoms with van der Waals surface area (Å²) in [6.07, 6.45) is 1.68. The fraction of sp³-hybridized carbons (Fsp3) is 0.0833. The third-order valence-electron chi connectivity index (χ3n) is 2.28. The molecule has 0 radical (unpaired) electrons. The Balaban J connectivity index is 2.04. The molecule has 0 saturated carbocycles. The summed E-state index contributed by atoms with van der Waals surface area (Å²) in [5.41, 5.74) is 2.12. The van der Waals surface area contributed by atoms with Crippen LogP contribution in [0.1, 0.15) is 25.6 Å². The van der Waals surface area contributed by atoms with Crippen LogP contribution in [0.3, 0.4) is 0 Å². The normalized spacial score (nSPS) is 10.0. The van der Waals surface area contributed by atoms with Gasteiger partial charge in [0.1, 0.15) is 0 Å². The lowest BCUT2D eigenvalue weighted by Gasteiger charge is -2.04. The first-order valence-electron chi connectivity index (χ1n) is 5.16. The molecule has 0 saturated heterocycles. The number of aromatic nitrogens is 1. The van der Waals surface area contributed by atoms with Gasteiger partial charge in [-0.3, -0.25) is 9.78 Å². The third kappa shape index (κ3) is 2.92. The summed E-state index contributed by atoms with van der Waals surface area (Å²) < 4.78 is 0. The molecule has 2 N–H and O–H groups in total. The maximum Gasteiger partial charge on any atom is 0.335 e. The topological polar surface area (TPSA) is 79.3 Å². The average Bonchev–Trinajstić information content (AvgIpc) is 2.89. The van der Waals surface area contributed by atoms with E-state index in [2.05, 4.69) is 10.3 Å². The lowest BCUT2D eigenvalue weighted by Crippen LogP contribution is -2.22. The van der Waals surface area contributed by atoms with E-state index in [4.69, 9.17) is 5.11 Å². The number of hydrogen-bond acceptors (Lipinski definition) is 4. The van der Waals surface area contributed by atoms with Crippen LogP contribution in [-0.4, -0.2) is 22.0 Å². The lowest BCUT2D eigenvalue weighted by atomic mass is 10.1. The van der Waals surface area contributed by atoms with E-state index < -0.39 is 5.97 Å². The van der Waals surface area contributed by atoms with E-state index in [1.165, 1.54) is 23.5 Å². The molecular formula is C12H10N2O3S. The molecule has 1 aromatic carbocycles. The van der Waals surface area contributed by atoms with Crippen molar-refractivity contribution in [2.75, 3.05) is 0 Å². The average molecular weight is 262 g/mol. The molecule has 2 rings (SSSR count). The van der Waals surface area contributed by atoms with E-state index >= 15 is 0 Å². The number of carboxylic acids is 1. The van der Waals surface area contributed by atoms with Crippen molar-refractivity contribution in [3.05, 3.63) is 52.0 Å². The first-order chi connectivity index (χ1) is 8.66. The van der Waals surface area contributed by atoms with Crippen molar-refractivity contribution in [2.45, 2.75) is 6.54 Å². The molecule has 1 amide bonds. The van der Waals surface area contributed by atoms with E-state index in [-0.39, 0.29) is 11.5 Å². The van der Waals surface area contributed by atoms with Crippen molar-refractivity contribution >= 4 is 23.2 Å². The molecule has 0 spiro atoms. The van der Waals surface area contributed by atoms with Crippen LogP contribution in [0.2, 0.25) is 0 Å². The largest absolute Gasteiger partial charge is 0.478 e. The van der Waals surface area contributed by atoms with Crippen LogP contribution >= 0.6 is 11.3 Å². The fourth-order valence-corrected chi connectivity index (χ4v) is 1.93.